The molecule has 5 atom stereocenters. The number of nitrogens with zero attached hydrogens (tertiary/aromatic N) is 1. The molecule has 0 aromatic heterocycles. The number of hydrogen-bond donors (Lipinski definition) is 1. The third kappa shape index (κ3) is 8.77. The van der Waals surface area contributed by atoms with Crippen LogP contribution in [0, 0.1) is 17.8 Å². The van der Waals surface area contributed by atoms with E-state index in [9.17, 15) is 9.00 Å². The average Bonchev–Trinajstić information content (AvgIpc) is 3.20. The van der Waals surface area contributed by atoms with E-state index in [1.807, 2.05) is 32.0 Å². The number of aryl methyl sites for hydroxylation is 1. The second-order valence-corrected chi connectivity index (χ2v) is 18.2. The van der Waals surface area contributed by atoms with Crippen molar-refractivity contribution in [1.82, 2.24) is 4.72 Å². The number of unbranched alkanes of at least 4 members (excludes halogenated alkanes) is 1. The number of nitrogens with one attached hydrogen (secondary N) is 1. The molecular weight excluding hydrogens is 640 g/mol. The number of benzene rings is 2. The molecule has 1 N–H and O–H groups in total. The van der Waals surface area contributed by atoms with Crippen molar-refractivity contribution >= 4 is 57.7 Å². The summed E-state index contributed by atoms with van der Waals surface area (Å²) in [6, 6.07) is 12.0. The molecule has 45 heavy (non-hydrogen) atoms. The first-order valence-electron chi connectivity index (χ1n) is 17.0. The van der Waals surface area contributed by atoms with Gasteiger partial charge in [0, 0.05) is 34.8 Å². The van der Waals surface area contributed by atoms with Gasteiger partial charge in [-0.05, 0) is 117 Å². The highest BCUT2D eigenvalue weighted by molar-refractivity contribution is 8.17. The largest absolute Gasteiger partial charge is 0.491 e. The van der Waals surface area contributed by atoms with Crippen molar-refractivity contribution in [3.05, 3.63) is 58.1 Å². The highest BCUT2D eigenvalue weighted by atomic mass is 35.5. The maximum Gasteiger partial charge on any atom is 0.263 e. The van der Waals surface area contributed by atoms with Crippen LogP contribution in [0.4, 0.5) is 5.69 Å². The first-order valence-corrected chi connectivity index (χ1v) is 20.7. The minimum absolute atomic E-state index is 0.149. The van der Waals surface area contributed by atoms with Crippen LogP contribution in [0.1, 0.15) is 100 Å². The van der Waals surface area contributed by atoms with Gasteiger partial charge in [0.05, 0.1) is 16.9 Å². The van der Waals surface area contributed by atoms with Crippen molar-refractivity contribution in [1.29, 1.82) is 0 Å². The molecule has 9 heteroatoms. The number of hydrogen-bond acceptors (Lipinski definition) is 6. The van der Waals surface area contributed by atoms with Gasteiger partial charge in [0.25, 0.3) is 5.91 Å². The molecule has 5 rings (SSSR count). The second kappa shape index (κ2) is 16.7. The van der Waals surface area contributed by atoms with Crippen molar-refractivity contribution in [2.24, 2.45) is 17.8 Å². The van der Waals surface area contributed by atoms with Gasteiger partial charge >= 0.3 is 0 Å². The van der Waals surface area contributed by atoms with Crippen molar-refractivity contribution in [3.8, 4) is 5.75 Å². The summed E-state index contributed by atoms with van der Waals surface area (Å²) >= 11 is 10.9. The molecule has 1 saturated heterocycles. The smallest absolute Gasteiger partial charge is 0.263 e. The molecule has 0 bridgehead atoms. The second-order valence-electron chi connectivity index (χ2n) is 13.2. The minimum atomic E-state index is -1.43. The predicted molar refractivity (Wildman–Crippen MR) is 196 cm³/mol. The Bertz CT molecular complexity index is 1320. The van der Waals surface area contributed by atoms with Crippen LogP contribution in [0.15, 0.2) is 36.4 Å². The molecule has 2 aromatic carbocycles. The van der Waals surface area contributed by atoms with E-state index in [1.165, 1.54) is 61.2 Å². The molecule has 5 nitrogen and oxygen atoms in total. The number of anilines is 1. The summed E-state index contributed by atoms with van der Waals surface area (Å²) in [5.41, 5.74) is 4.11. The standard InChI is InChI=1S/C36H51ClN2O3S3/c1-5-7-10-32(36-43-17-8-18-44-36)31-14-11-27(31)21-39-22-28(30-15-13-29(37)19-25(30)9-6-2)23-42-34-16-12-26(20-33(34)39)35(40)38-45(41)24(3)4/h12-13,15-16,19-20,24,27-28,31-32,36H,5-11,14,17-18,21-23H2,1-4H3,(H,38,40). The molecule has 0 radical (unpaired) electrons. The van der Waals surface area contributed by atoms with Crippen LogP contribution in [-0.2, 0) is 17.4 Å². The van der Waals surface area contributed by atoms with E-state index in [2.05, 4.69) is 59.1 Å². The summed E-state index contributed by atoms with van der Waals surface area (Å²) in [4.78, 5) is 15.7. The third-order valence-corrected chi connectivity index (χ3v) is 14.4. The lowest BCUT2D eigenvalue weighted by molar-refractivity contribution is 0.0982. The highest BCUT2D eigenvalue weighted by Gasteiger charge is 2.42. The molecule has 0 spiro atoms. The fraction of sp³-hybridized carbons (Fsp3) is 0.639. The Morgan fingerprint density at radius 3 is 2.60 bits per heavy atom. The van der Waals surface area contributed by atoms with Crippen LogP contribution >= 0.6 is 35.1 Å². The lowest BCUT2D eigenvalue weighted by Gasteiger charge is -2.47. The number of halogens is 1. The van der Waals surface area contributed by atoms with Crippen molar-refractivity contribution in [3.63, 3.8) is 0 Å². The topological polar surface area (TPSA) is 58.6 Å². The summed E-state index contributed by atoms with van der Waals surface area (Å²) in [5.74, 6) is 5.40. The van der Waals surface area contributed by atoms with E-state index in [-0.39, 0.29) is 17.1 Å². The Kier molecular flexibility index (Phi) is 12.9. The number of carbonyl (C=O) groups excluding carboxylic acids is 1. The van der Waals surface area contributed by atoms with Crippen molar-refractivity contribution in [2.45, 2.75) is 94.8 Å². The number of carbonyl (C=O) groups is 1. The van der Waals surface area contributed by atoms with Crippen LogP contribution in [-0.4, -0.2) is 51.2 Å². The van der Waals surface area contributed by atoms with E-state index in [0.29, 0.717) is 22.7 Å². The molecule has 2 fully saturated rings. The number of amides is 1. The molecule has 5 unspecified atom stereocenters. The van der Waals surface area contributed by atoms with Crippen LogP contribution < -0.4 is 14.4 Å². The summed E-state index contributed by atoms with van der Waals surface area (Å²) < 4.78 is 22.4. The Hall–Kier alpha value is -1.35. The fourth-order valence-electron chi connectivity index (χ4n) is 7.14. The van der Waals surface area contributed by atoms with Crippen molar-refractivity contribution in [2.75, 3.05) is 36.1 Å². The van der Waals surface area contributed by atoms with E-state index >= 15 is 0 Å². The maximum atomic E-state index is 13.2. The third-order valence-electron chi connectivity index (χ3n) is 9.70. The molecule has 2 aliphatic heterocycles. The van der Waals surface area contributed by atoms with Gasteiger partial charge in [0.1, 0.15) is 16.7 Å². The van der Waals surface area contributed by atoms with E-state index in [1.54, 1.807) is 6.07 Å². The zero-order valence-electron chi connectivity index (χ0n) is 27.4. The summed E-state index contributed by atoms with van der Waals surface area (Å²) in [5, 5.41) is 0.629. The Morgan fingerprint density at radius 1 is 1.11 bits per heavy atom. The normalized spacial score (nSPS) is 23.4. The number of thioether (sulfide) groups is 2. The van der Waals surface area contributed by atoms with Crippen LogP contribution in [0.25, 0.3) is 0 Å². The summed E-state index contributed by atoms with van der Waals surface area (Å²) in [7, 11) is -1.43. The lowest BCUT2D eigenvalue weighted by Crippen LogP contribution is -2.44. The molecule has 2 heterocycles. The zero-order valence-corrected chi connectivity index (χ0v) is 30.6. The molecule has 2 aromatic rings. The molecular formula is C36H51ClN2O3S3. The van der Waals surface area contributed by atoms with E-state index in [4.69, 9.17) is 16.3 Å². The zero-order chi connectivity index (χ0) is 31.9. The van der Waals surface area contributed by atoms with Gasteiger partial charge in [-0.15, -0.1) is 23.5 Å². The van der Waals surface area contributed by atoms with Gasteiger partial charge in [0.15, 0.2) is 0 Å². The van der Waals surface area contributed by atoms with Gasteiger partial charge in [-0.1, -0.05) is 50.8 Å². The van der Waals surface area contributed by atoms with Gasteiger partial charge in [-0.3, -0.25) is 9.52 Å². The first-order chi connectivity index (χ1) is 21.8. The quantitative estimate of drug-likeness (QED) is 0.226. The van der Waals surface area contributed by atoms with E-state index < -0.39 is 11.0 Å². The summed E-state index contributed by atoms with van der Waals surface area (Å²) in [6.07, 6.45) is 9.83. The predicted octanol–water partition coefficient (Wildman–Crippen LogP) is 9.11. The maximum absolute atomic E-state index is 13.2. The number of rotatable bonds is 13. The van der Waals surface area contributed by atoms with Gasteiger partial charge in [-0.25, -0.2) is 4.21 Å². The Labute approximate surface area is 287 Å². The van der Waals surface area contributed by atoms with E-state index in [0.717, 1.165) is 54.2 Å². The van der Waals surface area contributed by atoms with Crippen LogP contribution in [0.2, 0.25) is 5.02 Å². The Morgan fingerprint density at radius 2 is 1.91 bits per heavy atom. The molecule has 248 valence electrons. The number of fused-ring (bicyclic) bond motifs is 1. The van der Waals surface area contributed by atoms with Crippen LogP contribution in [0.5, 0.6) is 5.75 Å². The highest BCUT2D eigenvalue weighted by Crippen LogP contribution is 2.50. The SMILES string of the molecule is CCCCC(C1SCCCS1)C1CCC1CN1CC(c2ccc(Cl)cc2CCC)COc2ccc(C(=O)NS(=O)C(C)C)cc21. The molecule has 1 amide bonds. The van der Waals surface area contributed by atoms with Crippen LogP contribution in [0.3, 0.4) is 0 Å². The Balaban J connectivity index is 1.45. The monoisotopic (exact) mass is 690 g/mol. The lowest BCUT2D eigenvalue weighted by atomic mass is 9.66. The molecule has 1 aliphatic carbocycles. The summed E-state index contributed by atoms with van der Waals surface area (Å²) in [6.45, 7) is 10.6. The van der Waals surface area contributed by atoms with Gasteiger partial charge in [-0.2, -0.15) is 0 Å². The molecule has 3 aliphatic rings. The molecule has 1 saturated carbocycles. The fourth-order valence-corrected chi connectivity index (χ4v) is 11.3. The van der Waals surface area contributed by atoms with Gasteiger partial charge in [0.2, 0.25) is 0 Å². The minimum Gasteiger partial charge on any atom is -0.491 e. The first kappa shape index (κ1) is 35.0. The van der Waals surface area contributed by atoms with Gasteiger partial charge < -0.3 is 9.64 Å². The average molecular weight is 691 g/mol. The van der Waals surface area contributed by atoms with Crippen molar-refractivity contribution < 1.29 is 13.7 Å². The number of ether oxygens (including phenoxy) is 1.